The molecule has 0 aromatic rings. The van der Waals surface area contributed by atoms with Crippen LogP contribution in [0.5, 0.6) is 0 Å². The molecule has 17 atom stereocenters. The van der Waals surface area contributed by atoms with Crippen molar-refractivity contribution in [2.24, 2.45) is 28.6 Å². The molecular weight excluding hydrogens is 656 g/mol. The van der Waals surface area contributed by atoms with Crippen LogP contribution in [-0.2, 0) is 38.0 Å². The fourth-order valence-corrected chi connectivity index (χ4v) is 11.5. The van der Waals surface area contributed by atoms with Crippen molar-refractivity contribution >= 4 is 12.3 Å². The second-order valence-electron chi connectivity index (χ2n) is 16.3. The molecule has 0 unspecified atom stereocenters. The third kappa shape index (κ3) is 5.55. The molecule has 6 fully saturated rings. The Labute approximate surface area is 292 Å². The summed E-state index contributed by atoms with van der Waals surface area (Å²) in [5, 5.41) is 65.3. The lowest BCUT2D eigenvalue weighted by Gasteiger charge is -2.65. The van der Waals surface area contributed by atoms with Crippen LogP contribution in [-0.4, -0.2) is 136 Å². The first-order chi connectivity index (χ1) is 23.7. The summed E-state index contributed by atoms with van der Waals surface area (Å²) in [6, 6.07) is 0. The van der Waals surface area contributed by atoms with Gasteiger partial charge in [0.05, 0.1) is 41.5 Å². The summed E-state index contributed by atoms with van der Waals surface area (Å²) in [5.41, 5.74) is -2.86. The fraction of sp³-hybridized carbons (Fsp3) is 0.889. The van der Waals surface area contributed by atoms with Crippen molar-refractivity contribution in [3.05, 3.63) is 11.6 Å². The zero-order valence-electron chi connectivity index (χ0n) is 29.1. The van der Waals surface area contributed by atoms with Gasteiger partial charge in [0.1, 0.15) is 43.4 Å². The number of esters is 1. The Bertz CT molecular complexity index is 1330. The average Bonchev–Trinajstić information content (AvgIpc) is 3.64. The Morgan fingerprint density at radius 3 is 2.40 bits per heavy atom. The third-order valence-electron chi connectivity index (χ3n) is 14.2. The topological polar surface area (TPSA) is 211 Å². The van der Waals surface area contributed by atoms with Gasteiger partial charge in [-0.2, -0.15) is 0 Å². The van der Waals surface area contributed by atoms with E-state index in [9.17, 15) is 40.2 Å². The SMILES string of the molecule is CO[C@H]1C[C@@H](O[C@H]2CC[C@]3(C=O)[C@@H]4CC[C@@]5(C)[C@H](C6=CC(=O)OC6)CC[C@]5(O)[C@H]4CC[C@@]3(O)C2)O[C@H](C)[C@@H]1O[C@H]1O[C@@H](CO)[C@H](O)[C@@H](O)[C@@H]1O. The Morgan fingerprint density at radius 1 is 0.960 bits per heavy atom. The monoisotopic (exact) mass is 710 g/mol. The van der Waals surface area contributed by atoms with Crippen molar-refractivity contribution in [3.63, 3.8) is 0 Å². The second kappa shape index (κ2) is 13.4. The van der Waals surface area contributed by atoms with Gasteiger partial charge >= 0.3 is 5.97 Å². The van der Waals surface area contributed by atoms with Crippen molar-refractivity contribution in [1.82, 2.24) is 0 Å². The van der Waals surface area contributed by atoms with Gasteiger partial charge < -0.3 is 63.9 Å². The molecule has 2 saturated heterocycles. The van der Waals surface area contributed by atoms with Gasteiger partial charge in [0.25, 0.3) is 0 Å². The number of hydrogen-bond donors (Lipinski definition) is 6. The molecule has 6 N–H and O–H groups in total. The van der Waals surface area contributed by atoms with Crippen molar-refractivity contribution in [2.45, 2.75) is 151 Å². The maximum atomic E-state index is 13.2. The number of rotatable bonds is 8. The van der Waals surface area contributed by atoms with Crippen molar-refractivity contribution in [1.29, 1.82) is 0 Å². The molecular formula is C36H54O14. The van der Waals surface area contributed by atoms with Crippen LogP contribution in [0.1, 0.15) is 78.1 Å². The molecule has 14 heteroatoms. The standard InChI is InChI=1S/C36H54O14/c1-18-31(50-32-30(42)29(41)28(40)25(15-37)49-32)24(45-3)13-27(47-18)48-20-4-9-34(17-38)22-5-8-33(2)21(19-12-26(39)46-16-19)7-11-36(33,44)23(22)6-10-35(34,43)14-20/h12,17-18,20-25,27-32,37,40-44H,4-11,13-16H2,1-3H3/t18-,20+,21+,22-,23+,24+,25+,27-,28+,29-,30+,31+,32-,33+,34+,35-,36+/m1/s1. The van der Waals surface area contributed by atoms with Gasteiger partial charge in [0.15, 0.2) is 12.6 Å². The summed E-state index contributed by atoms with van der Waals surface area (Å²) >= 11 is 0. The fourth-order valence-electron chi connectivity index (χ4n) is 11.5. The number of carbonyl (C=O) groups is 2. The molecule has 0 amide bonds. The number of aldehydes is 1. The van der Waals surface area contributed by atoms with E-state index in [1.807, 2.05) is 0 Å². The lowest BCUT2D eigenvalue weighted by molar-refractivity contribution is -0.346. The summed E-state index contributed by atoms with van der Waals surface area (Å²) in [4.78, 5) is 25.1. The van der Waals surface area contributed by atoms with Gasteiger partial charge in [0, 0.05) is 31.4 Å². The Kier molecular flexibility index (Phi) is 9.84. The molecule has 4 saturated carbocycles. The molecule has 7 aliphatic rings. The van der Waals surface area contributed by atoms with E-state index in [4.69, 9.17) is 28.4 Å². The minimum Gasteiger partial charge on any atom is -0.458 e. The number of methoxy groups -OCH3 is 1. The Hall–Kier alpha value is -1.56. The van der Waals surface area contributed by atoms with Crippen LogP contribution in [0.2, 0.25) is 0 Å². The lowest BCUT2D eigenvalue weighted by Crippen LogP contribution is -2.69. The highest BCUT2D eigenvalue weighted by Gasteiger charge is 2.71. The first-order valence-corrected chi connectivity index (χ1v) is 18.3. The predicted molar refractivity (Wildman–Crippen MR) is 171 cm³/mol. The molecule has 0 spiro atoms. The Balaban J connectivity index is 1.01. The summed E-state index contributed by atoms with van der Waals surface area (Å²) < 4.78 is 35.2. The molecule has 0 aromatic heterocycles. The highest BCUT2D eigenvalue weighted by atomic mass is 16.7. The summed E-state index contributed by atoms with van der Waals surface area (Å²) in [5.74, 6) is -0.635. The lowest BCUT2D eigenvalue weighted by atomic mass is 9.41. The minimum absolute atomic E-state index is 0.0352. The minimum atomic E-state index is -1.58. The normalized spacial score (nSPS) is 53.5. The van der Waals surface area contributed by atoms with E-state index in [1.54, 1.807) is 13.0 Å². The van der Waals surface area contributed by atoms with Crippen LogP contribution in [0.25, 0.3) is 0 Å². The van der Waals surface area contributed by atoms with E-state index < -0.39 is 90.1 Å². The van der Waals surface area contributed by atoms with E-state index in [2.05, 4.69) is 6.92 Å². The van der Waals surface area contributed by atoms with Crippen molar-refractivity contribution in [3.8, 4) is 0 Å². The molecule has 0 radical (unpaired) electrons. The van der Waals surface area contributed by atoms with Crippen LogP contribution in [0, 0.1) is 28.6 Å². The van der Waals surface area contributed by atoms with Gasteiger partial charge in [-0.05, 0) is 81.6 Å². The zero-order chi connectivity index (χ0) is 35.8. The molecule has 3 heterocycles. The van der Waals surface area contributed by atoms with Crippen LogP contribution >= 0.6 is 0 Å². The first-order valence-electron chi connectivity index (χ1n) is 18.3. The number of aliphatic hydroxyl groups is 6. The van der Waals surface area contributed by atoms with E-state index >= 15 is 0 Å². The van der Waals surface area contributed by atoms with Crippen molar-refractivity contribution < 1.29 is 68.6 Å². The maximum absolute atomic E-state index is 13.2. The molecule has 7 rings (SSSR count). The largest absolute Gasteiger partial charge is 0.458 e. The maximum Gasteiger partial charge on any atom is 0.331 e. The zero-order valence-corrected chi connectivity index (χ0v) is 29.1. The molecule has 14 nitrogen and oxygen atoms in total. The highest BCUT2D eigenvalue weighted by Crippen LogP contribution is 2.70. The summed E-state index contributed by atoms with van der Waals surface area (Å²) in [6.07, 6.45) is -2.52. The molecule has 0 aromatic carbocycles. The average molecular weight is 711 g/mol. The quantitative estimate of drug-likeness (QED) is 0.113. The van der Waals surface area contributed by atoms with E-state index in [1.165, 1.54) is 7.11 Å². The molecule has 282 valence electrons. The van der Waals surface area contributed by atoms with E-state index in [0.29, 0.717) is 44.9 Å². The molecule has 0 bridgehead atoms. The number of hydrogen-bond acceptors (Lipinski definition) is 14. The smallest absolute Gasteiger partial charge is 0.331 e. The predicted octanol–water partition coefficient (Wildman–Crippen LogP) is 0.258. The van der Waals surface area contributed by atoms with E-state index in [-0.39, 0.29) is 43.2 Å². The molecule has 4 aliphatic carbocycles. The number of ether oxygens (including phenoxy) is 6. The number of fused-ring (bicyclic) bond motifs is 5. The number of cyclic esters (lactones) is 1. The number of carbonyl (C=O) groups excluding carboxylic acids is 2. The van der Waals surface area contributed by atoms with Crippen molar-refractivity contribution in [2.75, 3.05) is 20.3 Å². The molecule has 3 aliphatic heterocycles. The van der Waals surface area contributed by atoms with Gasteiger partial charge in [-0.25, -0.2) is 4.79 Å². The third-order valence-corrected chi connectivity index (χ3v) is 14.2. The first kappa shape index (κ1) is 36.8. The van der Waals surface area contributed by atoms with Crippen LogP contribution < -0.4 is 0 Å². The van der Waals surface area contributed by atoms with Gasteiger partial charge in [-0.15, -0.1) is 0 Å². The molecule has 50 heavy (non-hydrogen) atoms. The van der Waals surface area contributed by atoms with Gasteiger partial charge in [0.2, 0.25) is 0 Å². The summed E-state index contributed by atoms with van der Waals surface area (Å²) in [6.45, 7) is 3.57. The second-order valence-corrected chi connectivity index (χ2v) is 16.3. The summed E-state index contributed by atoms with van der Waals surface area (Å²) in [7, 11) is 1.51. The van der Waals surface area contributed by atoms with E-state index in [0.717, 1.165) is 18.3 Å². The van der Waals surface area contributed by atoms with Gasteiger partial charge in [-0.1, -0.05) is 6.92 Å². The van der Waals surface area contributed by atoms with Crippen LogP contribution in [0.4, 0.5) is 0 Å². The van der Waals surface area contributed by atoms with Gasteiger partial charge in [-0.3, -0.25) is 0 Å². The van der Waals surface area contributed by atoms with Crippen LogP contribution in [0.3, 0.4) is 0 Å². The number of aliphatic hydroxyl groups excluding tert-OH is 4. The highest BCUT2D eigenvalue weighted by molar-refractivity contribution is 5.85. The van der Waals surface area contributed by atoms with Crippen LogP contribution in [0.15, 0.2) is 11.6 Å². The Morgan fingerprint density at radius 2 is 1.72 bits per heavy atom.